The SMILES string of the molecule is COc1ccc(NS(=O)(=O)c2ccc(C)c(C(=O)NCCC(C)N)c2)cc1. The van der Waals surface area contributed by atoms with Gasteiger partial charge in [-0.05, 0) is 62.2 Å². The molecule has 0 aliphatic rings. The van der Waals surface area contributed by atoms with Crippen molar-refractivity contribution in [2.75, 3.05) is 18.4 Å². The van der Waals surface area contributed by atoms with Crippen LogP contribution in [0.3, 0.4) is 0 Å². The summed E-state index contributed by atoms with van der Waals surface area (Å²) in [7, 11) is -2.30. The van der Waals surface area contributed by atoms with Gasteiger partial charge in [-0.3, -0.25) is 9.52 Å². The fraction of sp³-hybridized carbons (Fsp3) is 0.316. The highest BCUT2D eigenvalue weighted by molar-refractivity contribution is 7.92. The fourth-order valence-corrected chi connectivity index (χ4v) is 3.48. The van der Waals surface area contributed by atoms with Crippen molar-refractivity contribution in [1.82, 2.24) is 5.32 Å². The average Bonchev–Trinajstić information content (AvgIpc) is 2.61. The molecule has 4 N–H and O–H groups in total. The van der Waals surface area contributed by atoms with Crippen molar-refractivity contribution in [2.24, 2.45) is 5.73 Å². The van der Waals surface area contributed by atoms with E-state index in [2.05, 4.69) is 10.0 Å². The Hall–Kier alpha value is -2.58. The minimum absolute atomic E-state index is 0.0151. The van der Waals surface area contributed by atoms with E-state index >= 15 is 0 Å². The molecule has 0 aromatic heterocycles. The van der Waals surface area contributed by atoms with Gasteiger partial charge in [0, 0.05) is 23.8 Å². The third-order valence-corrected chi connectivity index (χ3v) is 5.37. The summed E-state index contributed by atoms with van der Waals surface area (Å²) < 4.78 is 32.9. The number of nitrogens with two attached hydrogens (primary N) is 1. The first kappa shape index (κ1) is 20.7. The molecule has 0 aliphatic heterocycles. The maximum atomic E-state index is 12.7. The van der Waals surface area contributed by atoms with Crippen molar-refractivity contribution in [3.05, 3.63) is 53.6 Å². The molecular weight excluding hydrogens is 366 g/mol. The van der Waals surface area contributed by atoms with Crippen molar-refractivity contribution in [3.8, 4) is 5.75 Å². The average molecular weight is 391 g/mol. The van der Waals surface area contributed by atoms with E-state index in [9.17, 15) is 13.2 Å². The molecule has 0 saturated heterocycles. The first-order valence-electron chi connectivity index (χ1n) is 8.54. The zero-order chi connectivity index (χ0) is 20.0. The Labute approximate surface area is 160 Å². The van der Waals surface area contributed by atoms with Crippen LogP contribution in [0.25, 0.3) is 0 Å². The molecule has 0 radical (unpaired) electrons. The lowest BCUT2D eigenvalue weighted by molar-refractivity contribution is 0.0952. The number of benzene rings is 2. The minimum Gasteiger partial charge on any atom is -0.497 e. The Bertz CT molecular complexity index is 894. The quantitative estimate of drug-likeness (QED) is 0.639. The lowest BCUT2D eigenvalue weighted by Gasteiger charge is -2.12. The van der Waals surface area contributed by atoms with Crippen LogP contribution in [-0.2, 0) is 10.0 Å². The lowest BCUT2D eigenvalue weighted by Crippen LogP contribution is -2.29. The van der Waals surface area contributed by atoms with Gasteiger partial charge in [-0.1, -0.05) is 6.07 Å². The van der Waals surface area contributed by atoms with Gasteiger partial charge >= 0.3 is 0 Å². The van der Waals surface area contributed by atoms with E-state index in [0.717, 1.165) is 0 Å². The number of sulfonamides is 1. The highest BCUT2D eigenvalue weighted by Crippen LogP contribution is 2.21. The molecule has 1 unspecified atom stereocenters. The van der Waals surface area contributed by atoms with E-state index in [1.165, 1.54) is 19.2 Å². The van der Waals surface area contributed by atoms with E-state index in [0.29, 0.717) is 35.5 Å². The minimum atomic E-state index is -3.83. The van der Waals surface area contributed by atoms with Crippen LogP contribution < -0.4 is 20.5 Å². The summed E-state index contributed by atoms with van der Waals surface area (Å²) in [6.07, 6.45) is 0.641. The maximum absolute atomic E-state index is 12.7. The molecule has 0 bridgehead atoms. The van der Waals surface area contributed by atoms with Crippen LogP contribution in [0, 0.1) is 6.92 Å². The van der Waals surface area contributed by atoms with Crippen LogP contribution in [-0.4, -0.2) is 34.0 Å². The number of ether oxygens (including phenoxy) is 1. The van der Waals surface area contributed by atoms with Crippen LogP contribution in [0.1, 0.15) is 29.3 Å². The van der Waals surface area contributed by atoms with Gasteiger partial charge in [0.05, 0.1) is 12.0 Å². The first-order chi connectivity index (χ1) is 12.7. The summed E-state index contributed by atoms with van der Waals surface area (Å²) in [5.41, 5.74) is 7.08. The molecule has 7 nitrogen and oxygen atoms in total. The Kier molecular flexibility index (Phi) is 6.81. The summed E-state index contributed by atoms with van der Waals surface area (Å²) in [6.45, 7) is 4.04. The van der Waals surface area contributed by atoms with Gasteiger partial charge in [-0.15, -0.1) is 0 Å². The Morgan fingerprint density at radius 2 is 1.85 bits per heavy atom. The standard InChI is InChI=1S/C19H25N3O4S/c1-13-4-9-17(12-18(13)19(23)21-11-10-14(2)20)27(24,25)22-15-5-7-16(26-3)8-6-15/h4-9,12,14,22H,10-11,20H2,1-3H3,(H,21,23). The lowest BCUT2D eigenvalue weighted by atomic mass is 10.1. The second-order valence-electron chi connectivity index (χ2n) is 6.33. The summed E-state index contributed by atoms with van der Waals surface area (Å²) in [5, 5.41) is 2.76. The molecule has 2 aromatic rings. The summed E-state index contributed by atoms with van der Waals surface area (Å²) in [6, 6.07) is 11.0. The monoisotopic (exact) mass is 391 g/mol. The van der Waals surface area contributed by atoms with Crippen LogP contribution in [0.15, 0.2) is 47.4 Å². The molecule has 0 saturated carbocycles. The molecule has 0 spiro atoms. The highest BCUT2D eigenvalue weighted by atomic mass is 32.2. The Balaban J connectivity index is 2.20. The van der Waals surface area contributed by atoms with Crippen LogP contribution in [0.4, 0.5) is 5.69 Å². The normalized spacial score (nSPS) is 12.3. The highest BCUT2D eigenvalue weighted by Gasteiger charge is 2.18. The zero-order valence-electron chi connectivity index (χ0n) is 15.7. The van der Waals surface area contributed by atoms with Gasteiger partial charge in [0.2, 0.25) is 0 Å². The summed E-state index contributed by atoms with van der Waals surface area (Å²) >= 11 is 0. The second-order valence-corrected chi connectivity index (χ2v) is 8.01. The molecular formula is C19H25N3O4S. The van der Waals surface area contributed by atoms with Gasteiger partial charge in [-0.25, -0.2) is 8.42 Å². The molecule has 0 aliphatic carbocycles. The molecule has 2 rings (SSSR count). The molecule has 1 amide bonds. The summed E-state index contributed by atoms with van der Waals surface area (Å²) in [4.78, 5) is 12.4. The number of nitrogens with one attached hydrogen (secondary N) is 2. The fourth-order valence-electron chi connectivity index (χ4n) is 2.39. The van der Waals surface area contributed by atoms with Gasteiger partial charge in [-0.2, -0.15) is 0 Å². The predicted molar refractivity (Wildman–Crippen MR) is 106 cm³/mol. The molecule has 1 atom stereocenters. The molecule has 8 heteroatoms. The number of aryl methyl sites for hydroxylation is 1. The van der Waals surface area contributed by atoms with Gasteiger partial charge in [0.15, 0.2) is 0 Å². The summed E-state index contributed by atoms with van der Waals surface area (Å²) in [5.74, 6) is 0.300. The number of hydrogen-bond donors (Lipinski definition) is 3. The van der Waals surface area contributed by atoms with Crippen LogP contribution >= 0.6 is 0 Å². The number of methoxy groups -OCH3 is 1. The van der Waals surface area contributed by atoms with Gasteiger partial charge in [0.25, 0.3) is 15.9 Å². The maximum Gasteiger partial charge on any atom is 0.261 e. The second kappa shape index (κ2) is 8.88. The number of amides is 1. The number of anilines is 1. The van der Waals surface area contributed by atoms with Crippen molar-refractivity contribution < 1.29 is 17.9 Å². The van der Waals surface area contributed by atoms with Crippen molar-refractivity contribution in [1.29, 1.82) is 0 Å². The van der Waals surface area contributed by atoms with Gasteiger partial charge in [0.1, 0.15) is 5.75 Å². The van der Waals surface area contributed by atoms with Crippen LogP contribution in [0.5, 0.6) is 5.75 Å². The Morgan fingerprint density at radius 3 is 2.44 bits per heavy atom. The molecule has 146 valence electrons. The van der Waals surface area contributed by atoms with E-state index < -0.39 is 10.0 Å². The zero-order valence-corrected chi connectivity index (χ0v) is 16.5. The number of hydrogen-bond acceptors (Lipinski definition) is 5. The largest absolute Gasteiger partial charge is 0.497 e. The third-order valence-electron chi connectivity index (χ3n) is 3.99. The molecule has 0 heterocycles. The first-order valence-corrected chi connectivity index (χ1v) is 10.0. The van der Waals surface area contributed by atoms with E-state index in [1.54, 1.807) is 37.3 Å². The predicted octanol–water partition coefficient (Wildman–Crippen LogP) is 2.27. The van der Waals surface area contributed by atoms with E-state index in [4.69, 9.17) is 10.5 Å². The van der Waals surface area contributed by atoms with Crippen LogP contribution in [0.2, 0.25) is 0 Å². The molecule has 0 fully saturated rings. The number of rotatable bonds is 8. The number of carbonyl (C=O) groups is 1. The molecule has 27 heavy (non-hydrogen) atoms. The van der Waals surface area contributed by atoms with E-state index in [-0.39, 0.29) is 16.8 Å². The smallest absolute Gasteiger partial charge is 0.261 e. The topological polar surface area (TPSA) is 111 Å². The van der Waals surface area contributed by atoms with Crippen molar-refractivity contribution in [3.63, 3.8) is 0 Å². The van der Waals surface area contributed by atoms with Crippen molar-refractivity contribution >= 4 is 21.6 Å². The molecule has 2 aromatic carbocycles. The third kappa shape index (κ3) is 5.70. The van der Waals surface area contributed by atoms with Crippen molar-refractivity contribution in [2.45, 2.75) is 31.2 Å². The Morgan fingerprint density at radius 1 is 1.19 bits per heavy atom. The van der Waals surface area contributed by atoms with E-state index in [1.807, 2.05) is 6.92 Å². The van der Waals surface area contributed by atoms with Gasteiger partial charge < -0.3 is 15.8 Å². The number of carbonyl (C=O) groups excluding carboxylic acids is 1.